The van der Waals surface area contributed by atoms with Crippen LogP contribution in [0.3, 0.4) is 0 Å². The van der Waals surface area contributed by atoms with E-state index in [2.05, 4.69) is 53.6 Å². The van der Waals surface area contributed by atoms with E-state index in [9.17, 15) is 4.79 Å². The number of urea groups is 1. The molecule has 2 aromatic rings. The number of nitrogens with one attached hydrogen (secondary N) is 2. The highest BCUT2D eigenvalue weighted by atomic mass is 16.2. The van der Waals surface area contributed by atoms with E-state index < -0.39 is 0 Å². The molecule has 2 aromatic carbocycles. The predicted octanol–water partition coefficient (Wildman–Crippen LogP) is 3.20. The first kappa shape index (κ1) is 17.9. The van der Waals surface area contributed by atoms with Crippen LogP contribution in [-0.2, 0) is 19.5 Å². The van der Waals surface area contributed by atoms with Gasteiger partial charge in [0.2, 0.25) is 0 Å². The van der Waals surface area contributed by atoms with Gasteiger partial charge in [0.25, 0.3) is 0 Å². The van der Waals surface area contributed by atoms with Gasteiger partial charge in [-0.15, -0.1) is 0 Å². The smallest absolute Gasteiger partial charge is 0.322 e. The van der Waals surface area contributed by atoms with Gasteiger partial charge in [0.05, 0.1) is 12.2 Å². The van der Waals surface area contributed by atoms with Crippen molar-refractivity contribution in [3.63, 3.8) is 0 Å². The van der Waals surface area contributed by atoms with Crippen LogP contribution in [0.1, 0.15) is 29.2 Å². The van der Waals surface area contributed by atoms with Crippen LogP contribution in [0.4, 0.5) is 16.2 Å². The third-order valence-electron chi connectivity index (χ3n) is 5.67. The van der Waals surface area contributed by atoms with Crippen molar-refractivity contribution in [3.05, 3.63) is 58.7 Å². The summed E-state index contributed by atoms with van der Waals surface area (Å²) in [6.07, 6.45) is 0.964. The molecule has 27 heavy (non-hydrogen) atoms. The van der Waals surface area contributed by atoms with Gasteiger partial charge in [-0.3, -0.25) is 4.90 Å². The van der Waals surface area contributed by atoms with Crippen molar-refractivity contribution in [2.75, 3.05) is 36.0 Å². The average Bonchev–Trinajstić information content (AvgIpc) is 2.71. The van der Waals surface area contributed by atoms with Gasteiger partial charge in [0.1, 0.15) is 0 Å². The number of hydrogen-bond donors (Lipinski definition) is 2. The molecule has 0 bridgehead atoms. The number of amides is 2. The molecular weight excluding hydrogens is 336 g/mol. The zero-order valence-electron chi connectivity index (χ0n) is 16.2. The van der Waals surface area contributed by atoms with Gasteiger partial charge in [-0.05, 0) is 42.2 Å². The van der Waals surface area contributed by atoms with Gasteiger partial charge in [-0.1, -0.05) is 31.2 Å². The lowest BCUT2D eigenvalue weighted by molar-refractivity contribution is 0.244. The second-order valence-corrected chi connectivity index (χ2v) is 7.37. The number of anilines is 2. The molecule has 1 saturated heterocycles. The fourth-order valence-corrected chi connectivity index (χ4v) is 4.00. The van der Waals surface area contributed by atoms with Gasteiger partial charge in [-0.25, -0.2) is 4.79 Å². The normalized spacial score (nSPS) is 16.9. The monoisotopic (exact) mass is 364 g/mol. The highest BCUT2D eigenvalue weighted by molar-refractivity contribution is 5.96. The summed E-state index contributed by atoms with van der Waals surface area (Å²) in [5, 5.41) is 6.52. The molecule has 1 fully saturated rings. The third kappa shape index (κ3) is 3.52. The van der Waals surface area contributed by atoms with Crippen LogP contribution in [0, 0.1) is 6.92 Å². The molecular formula is C22H28N4O. The summed E-state index contributed by atoms with van der Waals surface area (Å²) in [6.45, 7) is 9.50. The molecule has 0 spiro atoms. The zero-order valence-corrected chi connectivity index (χ0v) is 16.2. The standard InChI is InChI=1S/C22H28N4O/c1-3-17-12-20(25-10-8-23-9-11-25)19-14-24-22(27)26(21(19)13-17)15-18-7-5-4-6-16(18)2/h4-7,12-13,23H,3,8-11,14-15H2,1-2H3,(H,24,27). The molecule has 0 radical (unpaired) electrons. The average molecular weight is 364 g/mol. The van der Waals surface area contributed by atoms with Crippen molar-refractivity contribution in [2.45, 2.75) is 33.4 Å². The lowest BCUT2D eigenvalue weighted by atomic mass is 9.99. The number of rotatable bonds is 4. The second-order valence-electron chi connectivity index (χ2n) is 7.37. The summed E-state index contributed by atoms with van der Waals surface area (Å²) in [5.74, 6) is 0. The Labute approximate surface area is 161 Å². The van der Waals surface area contributed by atoms with Gasteiger partial charge in [0.15, 0.2) is 0 Å². The zero-order chi connectivity index (χ0) is 18.8. The maximum Gasteiger partial charge on any atom is 0.322 e. The molecule has 0 aromatic heterocycles. The second kappa shape index (κ2) is 7.61. The van der Waals surface area contributed by atoms with Gasteiger partial charge in [-0.2, -0.15) is 0 Å². The number of carbonyl (C=O) groups excluding carboxylic acids is 1. The van der Waals surface area contributed by atoms with Crippen molar-refractivity contribution in [2.24, 2.45) is 0 Å². The van der Waals surface area contributed by atoms with Crippen LogP contribution in [0.15, 0.2) is 36.4 Å². The van der Waals surface area contributed by atoms with E-state index in [0.717, 1.165) is 38.3 Å². The minimum atomic E-state index is -0.00901. The van der Waals surface area contributed by atoms with Gasteiger partial charge >= 0.3 is 6.03 Å². The predicted molar refractivity (Wildman–Crippen MR) is 111 cm³/mol. The summed E-state index contributed by atoms with van der Waals surface area (Å²) >= 11 is 0. The maximum absolute atomic E-state index is 12.8. The Morgan fingerprint density at radius 3 is 2.56 bits per heavy atom. The minimum Gasteiger partial charge on any atom is -0.369 e. The summed E-state index contributed by atoms with van der Waals surface area (Å²) in [4.78, 5) is 17.1. The summed E-state index contributed by atoms with van der Waals surface area (Å²) < 4.78 is 0. The Morgan fingerprint density at radius 1 is 1.07 bits per heavy atom. The first-order valence-electron chi connectivity index (χ1n) is 9.88. The van der Waals surface area contributed by atoms with Gasteiger partial charge < -0.3 is 15.5 Å². The SMILES string of the molecule is CCc1cc(N2CCNCC2)c2c(c1)N(Cc1ccccc1C)C(=O)NC2. The van der Waals surface area contributed by atoms with E-state index in [1.54, 1.807) is 0 Å². The fraction of sp³-hybridized carbons (Fsp3) is 0.409. The van der Waals surface area contributed by atoms with E-state index in [4.69, 9.17) is 0 Å². The van der Waals surface area contributed by atoms with Crippen LogP contribution < -0.4 is 20.4 Å². The Morgan fingerprint density at radius 2 is 1.81 bits per heavy atom. The number of nitrogens with zero attached hydrogens (tertiary/aromatic N) is 2. The maximum atomic E-state index is 12.8. The molecule has 2 N–H and O–H groups in total. The molecule has 0 aliphatic carbocycles. The number of piperazine rings is 1. The highest BCUT2D eigenvalue weighted by Crippen LogP contribution is 2.36. The van der Waals surface area contributed by atoms with Crippen molar-refractivity contribution >= 4 is 17.4 Å². The number of aryl methyl sites for hydroxylation is 2. The Balaban J connectivity index is 1.76. The first-order valence-corrected chi connectivity index (χ1v) is 9.88. The van der Waals surface area contributed by atoms with E-state index in [-0.39, 0.29) is 6.03 Å². The molecule has 5 heteroatoms. The molecule has 2 aliphatic heterocycles. The minimum absolute atomic E-state index is 0.00901. The van der Waals surface area contributed by atoms with Crippen LogP contribution in [0.25, 0.3) is 0 Å². The van der Waals surface area contributed by atoms with Crippen LogP contribution in [0.5, 0.6) is 0 Å². The molecule has 5 nitrogen and oxygen atoms in total. The quantitative estimate of drug-likeness (QED) is 0.876. The van der Waals surface area contributed by atoms with Gasteiger partial charge in [0, 0.05) is 44.0 Å². The van der Waals surface area contributed by atoms with Crippen LogP contribution in [-0.4, -0.2) is 32.2 Å². The highest BCUT2D eigenvalue weighted by Gasteiger charge is 2.28. The van der Waals surface area contributed by atoms with E-state index in [1.807, 2.05) is 17.0 Å². The number of fused-ring (bicyclic) bond motifs is 1. The summed E-state index contributed by atoms with van der Waals surface area (Å²) in [6, 6.07) is 12.8. The van der Waals surface area contributed by atoms with Crippen molar-refractivity contribution in [3.8, 4) is 0 Å². The Hall–Kier alpha value is -2.53. The number of hydrogen-bond acceptors (Lipinski definition) is 3. The van der Waals surface area contributed by atoms with E-state index in [1.165, 1.54) is 27.9 Å². The number of carbonyl (C=O) groups is 1. The third-order valence-corrected chi connectivity index (χ3v) is 5.67. The van der Waals surface area contributed by atoms with Crippen LogP contribution in [0.2, 0.25) is 0 Å². The molecule has 0 unspecified atom stereocenters. The lowest BCUT2D eigenvalue weighted by Gasteiger charge is -2.37. The first-order chi connectivity index (χ1) is 13.2. The largest absolute Gasteiger partial charge is 0.369 e. The Bertz CT molecular complexity index is 842. The molecule has 4 rings (SSSR count). The topological polar surface area (TPSA) is 47.6 Å². The van der Waals surface area contributed by atoms with Crippen molar-refractivity contribution in [1.29, 1.82) is 0 Å². The summed E-state index contributed by atoms with van der Waals surface area (Å²) in [5.41, 5.74) is 7.27. The van der Waals surface area contributed by atoms with E-state index in [0.29, 0.717) is 13.1 Å². The lowest BCUT2D eigenvalue weighted by Crippen LogP contribution is -2.47. The molecule has 0 saturated carbocycles. The van der Waals surface area contributed by atoms with E-state index >= 15 is 0 Å². The number of benzene rings is 2. The van der Waals surface area contributed by atoms with Crippen molar-refractivity contribution < 1.29 is 4.79 Å². The molecule has 2 heterocycles. The van der Waals surface area contributed by atoms with Crippen molar-refractivity contribution in [1.82, 2.24) is 10.6 Å². The molecule has 0 atom stereocenters. The summed E-state index contributed by atoms with van der Waals surface area (Å²) in [7, 11) is 0. The Kier molecular flexibility index (Phi) is 5.03. The molecule has 142 valence electrons. The molecule has 2 aliphatic rings. The van der Waals surface area contributed by atoms with Crippen LogP contribution >= 0.6 is 0 Å². The fourth-order valence-electron chi connectivity index (χ4n) is 4.00. The molecule has 2 amide bonds.